The number of nitriles is 1. The monoisotopic (exact) mass is 366 g/mol. The maximum Gasteiger partial charge on any atom is 0.266 e. The zero-order valence-electron chi connectivity index (χ0n) is 16.2. The van der Waals surface area contributed by atoms with E-state index in [0.29, 0.717) is 12.1 Å². The van der Waals surface area contributed by atoms with Gasteiger partial charge in [-0.1, -0.05) is 20.8 Å². The van der Waals surface area contributed by atoms with Crippen molar-refractivity contribution < 1.29 is 0 Å². The van der Waals surface area contributed by atoms with Crippen LogP contribution in [0, 0.1) is 11.3 Å². The predicted molar refractivity (Wildman–Crippen MR) is 105 cm³/mol. The molecule has 1 saturated heterocycles. The van der Waals surface area contributed by atoms with Crippen molar-refractivity contribution in [2.45, 2.75) is 32.7 Å². The van der Waals surface area contributed by atoms with E-state index in [0.717, 1.165) is 44.2 Å². The summed E-state index contributed by atoms with van der Waals surface area (Å²) in [5.74, 6) is 0.907. The highest BCUT2D eigenvalue weighted by Gasteiger charge is 2.19. The Labute approximate surface area is 159 Å². The quantitative estimate of drug-likeness (QED) is 0.818. The first-order chi connectivity index (χ1) is 12.9. The zero-order chi connectivity index (χ0) is 19.4. The van der Waals surface area contributed by atoms with E-state index in [1.165, 1.54) is 0 Å². The zero-order valence-corrected chi connectivity index (χ0v) is 16.2. The number of nitrogens with zero attached hydrogens (tertiary/aromatic N) is 6. The van der Waals surface area contributed by atoms with Gasteiger partial charge in [-0.15, -0.1) is 0 Å². The molecule has 2 aromatic rings. The Kier molecular flexibility index (Phi) is 5.57. The number of rotatable bonds is 4. The Hall–Kier alpha value is -2.72. The summed E-state index contributed by atoms with van der Waals surface area (Å²) in [6.45, 7) is 11.3. The van der Waals surface area contributed by atoms with Crippen molar-refractivity contribution in [3.63, 3.8) is 0 Å². The van der Waals surface area contributed by atoms with Crippen LogP contribution in [0.5, 0.6) is 0 Å². The van der Waals surface area contributed by atoms with Crippen LogP contribution in [0.3, 0.4) is 0 Å². The van der Waals surface area contributed by atoms with Crippen molar-refractivity contribution in [1.82, 2.24) is 19.7 Å². The summed E-state index contributed by atoms with van der Waals surface area (Å²) < 4.78 is 1.58. The highest BCUT2D eigenvalue weighted by molar-refractivity contribution is 5.42. The van der Waals surface area contributed by atoms with Crippen molar-refractivity contribution in [3.05, 3.63) is 52.1 Å². The second-order valence-electron chi connectivity index (χ2n) is 7.88. The van der Waals surface area contributed by atoms with Gasteiger partial charge in [-0.05, 0) is 18.2 Å². The van der Waals surface area contributed by atoms with Crippen LogP contribution in [-0.2, 0) is 12.0 Å². The van der Waals surface area contributed by atoms with Gasteiger partial charge in [0.25, 0.3) is 5.56 Å². The molecule has 0 atom stereocenters. The molecule has 0 bridgehead atoms. The van der Waals surface area contributed by atoms with Crippen LogP contribution in [0.4, 0.5) is 5.82 Å². The minimum Gasteiger partial charge on any atom is -0.354 e. The Morgan fingerprint density at radius 2 is 1.81 bits per heavy atom. The molecule has 1 aliphatic heterocycles. The molecular weight excluding hydrogens is 340 g/mol. The molecule has 27 heavy (non-hydrogen) atoms. The van der Waals surface area contributed by atoms with E-state index in [4.69, 9.17) is 5.26 Å². The first-order valence-electron chi connectivity index (χ1n) is 9.29. The van der Waals surface area contributed by atoms with E-state index >= 15 is 0 Å². The lowest BCUT2D eigenvalue weighted by Gasteiger charge is -2.35. The fraction of sp³-hybridized carbons (Fsp3) is 0.500. The average Bonchev–Trinajstić information content (AvgIpc) is 2.67. The highest BCUT2D eigenvalue weighted by Crippen LogP contribution is 2.18. The van der Waals surface area contributed by atoms with Gasteiger partial charge in [-0.3, -0.25) is 9.69 Å². The fourth-order valence-corrected chi connectivity index (χ4v) is 3.09. The molecular formula is C20H26N6O. The van der Waals surface area contributed by atoms with Gasteiger partial charge >= 0.3 is 0 Å². The van der Waals surface area contributed by atoms with E-state index in [-0.39, 0.29) is 11.0 Å². The van der Waals surface area contributed by atoms with E-state index in [2.05, 4.69) is 46.7 Å². The molecule has 3 rings (SSSR count). The summed E-state index contributed by atoms with van der Waals surface area (Å²) in [7, 11) is 0. The van der Waals surface area contributed by atoms with Crippen LogP contribution in [0.25, 0.3) is 0 Å². The molecule has 7 heteroatoms. The van der Waals surface area contributed by atoms with Crippen LogP contribution < -0.4 is 10.5 Å². The molecule has 7 nitrogen and oxygen atoms in total. The van der Waals surface area contributed by atoms with Gasteiger partial charge < -0.3 is 4.90 Å². The van der Waals surface area contributed by atoms with Gasteiger partial charge in [0.2, 0.25) is 0 Å². The van der Waals surface area contributed by atoms with Crippen LogP contribution in [0.2, 0.25) is 0 Å². The summed E-state index contributed by atoms with van der Waals surface area (Å²) >= 11 is 0. The lowest BCUT2D eigenvalue weighted by atomic mass is 9.92. The van der Waals surface area contributed by atoms with Crippen LogP contribution in [0.1, 0.15) is 32.0 Å². The molecule has 0 amide bonds. The first-order valence-corrected chi connectivity index (χ1v) is 9.29. The van der Waals surface area contributed by atoms with Crippen molar-refractivity contribution in [2.75, 3.05) is 37.6 Å². The molecule has 1 aliphatic rings. The summed E-state index contributed by atoms with van der Waals surface area (Å²) in [4.78, 5) is 21.0. The predicted octanol–water partition coefficient (Wildman–Crippen LogP) is 1.63. The van der Waals surface area contributed by atoms with Gasteiger partial charge in [0.15, 0.2) is 0 Å². The van der Waals surface area contributed by atoms with Gasteiger partial charge in [-0.2, -0.15) is 10.4 Å². The molecule has 0 spiro atoms. The molecule has 0 unspecified atom stereocenters. The van der Waals surface area contributed by atoms with Crippen molar-refractivity contribution in [1.29, 1.82) is 5.26 Å². The number of pyridine rings is 1. The molecule has 142 valence electrons. The fourth-order valence-electron chi connectivity index (χ4n) is 3.09. The summed E-state index contributed by atoms with van der Waals surface area (Å²) in [6.07, 6.45) is 1.61. The number of hydrogen-bond donors (Lipinski definition) is 0. The molecule has 0 aliphatic carbocycles. The standard InChI is InChI=1S/C20H26N6O/c1-20(2,3)17-5-7-19(27)26(23-17)13-10-24-8-11-25(12-9-24)18-6-4-16(14-21)15-22-18/h4-7,15H,8-13H2,1-3H3. The summed E-state index contributed by atoms with van der Waals surface area (Å²) in [5, 5.41) is 13.4. The highest BCUT2D eigenvalue weighted by atomic mass is 16.1. The smallest absolute Gasteiger partial charge is 0.266 e. The molecule has 2 aromatic heterocycles. The molecule has 0 aromatic carbocycles. The van der Waals surface area contributed by atoms with Gasteiger partial charge in [0, 0.05) is 50.4 Å². The van der Waals surface area contributed by atoms with Crippen molar-refractivity contribution >= 4 is 5.82 Å². The third-order valence-electron chi connectivity index (χ3n) is 4.84. The van der Waals surface area contributed by atoms with Gasteiger partial charge in [0.05, 0.1) is 17.8 Å². The van der Waals surface area contributed by atoms with Gasteiger partial charge in [-0.25, -0.2) is 9.67 Å². The van der Waals surface area contributed by atoms with Gasteiger partial charge in [0.1, 0.15) is 11.9 Å². The van der Waals surface area contributed by atoms with Crippen LogP contribution >= 0.6 is 0 Å². The minimum atomic E-state index is -0.0742. The third-order valence-corrected chi connectivity index (χ3v) is 4.84. The Balaban J connectivity index is 1.55. The van der Waals surface area contributed by atoms with Crippen LogP contribution in [0.15, 0.2) is 35.3 Å². The minimum absolute atomic E-state index is 0.0524. The second-order valence-corrected chi connectivity index (χ2v) is 7.88. The summed E-state index contributed by atoms with van der Waals surface area (Å²) in [5.41, 5.74) is 1.38. The maximum atomic E-state index is 12.1. The van der Waals surface area contributed by atoms with Crippen molar-refractivity contribution in [3.8, 4) is 6.07 Å². The Morgan fingerprint density at radius 1 is 1.07 bits per heavy atom. The molecule has 0 saturated carbocycles. The van der Waals surface area contributed by atoms with E-state index in [1.807, 2.05) is 12.1 Å². The average molecular weight is 366 g/mol. The maximum absolute atomic E-state index is 12.1. The van der Waals surface area contributed by atoms with Crippen molar-refractivity contribution in [2.24, 2.45) is 0 Å². The molecule has 0 N–H and O–H groups in total. The number of anilines is 1. The normalized spacial score (nSPS) is 15.6. The number of piperazine rings is 1. The van der Waals surface area contributed by atoms with E-state index < -0.39 is 0 Å². The summed E-state index contributed by atoms with van der Waals surface area (Å²) in [6, 6.07) is 9.22. The third kappa shape index (κ3) is 4.72. The lowest BCUT2D eigenvalue weighted by Crippen LogP contribution is -2.48. The number of aromatic nitrogens is 3. The topological polar surface area (TPSA) is 78.0 Å². The largest absolute Gasteiger partial charge is 0.354 e. The Bertz CT molecular complexity index is 867. The second kappa shape index (κ2) is 7.89. The Morgan fingerprint density at radius 3 is 2.41 bits per heavy atom. The van der Waals surface area contributed by atoms with E-state index in [1.54, 1.807) is 23.0 Å². The van der Waals surface area contributed by atoms with Crippen LogP contribution in [-0.4, -0.2) is 52.4 Å². The molecule has 0 radical (unpaired) electrons. The first kappa shape index (κ1) is 19.1. The van der Waals surface area contributed by atoms with E-state index in [9.17, 15) is 4.79 Å². The SMILES string of the molecule is CC(C)(C)c1ccc(=O)n(CCN2CCN(c3ccc(C#N)cn3)CC2)n1. The number of hydrogen-bond acceptors (Lipinski definition) is 6. The molecule has 1 fully saturated rings. The lowest BCUT2D eigenvalue weighted by molar-refractivity contribution is 0.241. The molecule has 3 heterocycles.